The summed E-state index contributed by atoms with van der Waals surface area (Å²) in [6, 6.07) is 0.913. The first-order chi connectivity index (χ1) is 8.22. The molecule has 0 aliphatic carbocycles. The molecule has 0 radical (unpaired) electrons. The topological polar surface area (TPSA) is 56.8 Å². The van der Waals surface area contributed by atoms with Crippen molar-refractivity contribution in [3.05, 3.63) is 0 Å². The molecule has 0 aromatic carbocycles. The molecule has 0 saturated carbocycles. The Morgan fingerprint density at radius 3 is 2.11 bits per heavy atom. The van der Waals surface area contributed by atoms with Gasteiger partial charge in [-0.1, -0.05) is 0 Å². The van der Waals surface area contributed by atoms with Crippen molar-refractivity contribution < 1.29 is 18.1 Å². The van der Waals surface area contributed by atoms with E-state index in [0.29, 0.717) is 0 Å². The third-order valence-corrected chi connectivity index (χ3v) is 6.37. The summed E-state index contributed by atoms with van der Waals surface area (Å²) in [6.45, 7) is 9.09. The average molecular weight is 294 g/mol. The van der Waals surface area contributed by atoms with Gasteiger partial charge >= 0.3 is 14.5 Å². The molecule has 108 valence electrons. The Hall–Kier alpha value is -0.216. The van der Waals surface area contributed by atoms with Gasteiger partial charge in [-0.2, -0.15) is 0 Å². The molecule has 0 aromatic heterocycles. The summed E-state index contributed by atoms with van der Waals surface area (Å²) >= 11 is 0. The Morgan fingerprint density at radius 1 is 1.11 bits per heavy atom. The van der Waals surface area contributed by atoms with Crippen molar-refractivity contribution in [3.8, 4) is 0 Å². The Kier molecular flexibility index (Phi) is 7.96. The Morgan fingerprint density at radius 2 is 1.67 bits per heavy atom. The maximum atomic E-state index is 11.4. The Labute approximate surface area is 113 Å². The van der Waals surface area contributed by atoms with Crippen LogP contribution in [0.4, 0.5) is 0 Å². The minimum Gasteiger partial charge on any atom is -0.519 e. The summed E-state index contributed by atoms with van der Waals surface area (Å²) in [5.74, 6) is -0.160. The molecule has 0 aliphatic heterocycles. The molecule has 0 saturated heterocycles. The zero-order valence-corrected chi connectivity index (χ0v) is 14.5. The molecule has 0 atom stereocenters. The van der Waals surface area contributed by atoms with Crippen molar-refractivity contribution in [1.82, 2.24) is 5.32 Å². The van der Waals surface area contributed by atoms with E-state index >= 15 is 0 Å². The lowest BCUT2D eigenvalue weighted by molar-refractivity contribution is -0.134. The summed E-state index contributed by atoms with van der Waals surface area (Å²) in [7, 11) is -0.337. The molecule has 0 spiro atoms. The molecule has 18 heavy (non-hydrogen) atoms. The van der Waals surface area contributed by atoms with Gasteiger partial charge in [0.05, 0.1) is 6.54 Å². The number of nitrogens with one attached hydrogen (secondary N) is 1. The van der Waals surface area contributed by atoms with Gasteiger partial charge in [0, 0.05) is 14.2 Å². The summed E-state index contributed by atoms with van der Waals surface area (Å²) in [6.07, 6.45) is 0.935. The lowest BCUT2D eigenvalue weighted by Gasteiger charge is -2.22. The number of hydrogen-bond acceptors (Lipinski definition) is 5. The summed E-state index contributed by atoms with van der Waals surface area (Å²) in [4.78, 5) is 11.4. The first-order valence-electron chi connectivity index (χ1n) is 6.25. The Bertz CT molecular complexity index is 252. The van der Waals surface area contributed by atoms with Gasteiger partial charge in [0.25, 0.3) is 0 Å². The molecule has 0 aliphatic rings. The van der Waals surface area contributed by atoms with Crippen LogP contribution in [0, 0.1) is 0 Å². The first-order valence-corrected chi connectivity index (χ1v) is 12.2. The second kappa shape index (κ2) is 8.05. The fraction of sp³-hybridized carbons (Fsp3) is 0.909. The molecule has 1 N–H and O–H groups in total. The van der Waals surface area contributed by atoms with E-state index in [4.69, 9.17) is 13.3 Å². The maximum absolute atomic E-state index is 11.4. The largest absolute Gasteiger partial charge is 0.519 e. The highest BCUT2D eigenvalue weighted by Crippen LogP contribution is 2.12. The third-order valence-electron chi connectivity index (χ3n) is 2.54. The number of carbonyl (C=O) groups is 1. The highest BCUT2D eigenvalue weighted by Gasteiger charge is 2.27. The molecule has 0 heterocycles. The minimum absolute atomic E-state index is 0.160. The van der Waals surface area contributed by atoms with E-state index in [0.717, 1.165) is 19.0 Å². The van der Waals surface area contributed by atoms with Crippen molar-refractivity contribution in [2.45, 2.75) is 38.7 Å². The summed E-state index contributed by atoms with van der Waals surface area (Å²) in [5, 5.41) is 3.09. The van der Waals surface area contributed by atoms with E-state index in [9.17, 15) is 4.79 Å². The van der Waals surface area contributed by atoms with Crippen LogP contribution in [0.2, 0.25) is 32.2 Å². The smallest absolute Gasteiger partial charge is 0.334 e. The van der Waals surface area contributed by atoms with E-state index in [1.807, 2.05) is 26.2 Å². The van der Waals surface area contributed by atoms with Crippen LogP contribution in [0.5, 0.6) is 0 Å². The second-order valence-electron chi connectivity index (χ2n) is 5.41. The van der Waals surface area contributed by atoms with Crippen LogP contribution in [0.3, 0.4) is 0 Å². The Balaban J connectivity index is 3.66. The van der Waals surface area contributed by atoms with Crippen LogP contribution < -0.4 is 5.32 Å². The molecule has 0 unspecified atom stereocenters. The van der Waals surface area contributed by atoms with Crippen molar-refractivity contribution in [1.29, 1.82) is 0 Å². The predicted molar refractivity (Wildman–Crippen MR) is 77.4 cm³/mol. The molecule has 7 heteroatoms. The van der Waals surface area contributed by atoms with Gasteiger partial charge in [-0.3, -0.25) is 4.79 Å². The predicted octanol–water partition coefficient (Wildman–Crippen LogP) is 1.71. The second-order valence-corrected chi connectivity index (χ2v) is 13.4. The summed E-state index contributed by atoms with van der Waals surface area (Å²) in [5.41, 5.74) is 0. The van der Waals surface area contributed by atoms with Gasteiger partial charge in [0.15, 0.2) is 0 Å². The molecule has 0 aromatic rings. The van der Waals surface area contributed by atoms with Crippen molar-refractivity contribution in [2.24, 2.45) is 0 Å². The zero-order valence-electron chi connectivity index (χ0n) is 12.5. The van der Waals surface area contributed by atoms with Gasteiger partial charge in [-0.25, -0.2) is 0 Å². The first kappa shape index (κ1) is 17.8. The summed E-state index contributed by atoms with van der Waals surface area (Å²) < 4.78 is 16.1. The van der Waals surface area contributed by atoms with Crippen LogP contribution >= 0.6 is 0 Å². The standard InChI is InChI=1S/C11H27NO4Si2/c1-14-18(6,15-2)9-7-8-12-10-11(13)16-17(3,4)5/h12H,7-10H2,1-6H3. The van der Waals surface area contributed by atoms with Gasteiger partial charge < -0.3 is 18.6 Å². The van der Waals surface area contributed by atoms with Crippen LogP contribution in [0.15, 0.2) is 0 Å². The minimum atomic E-state index is -1.96. The fourth-order valence-corrected chi connectivity index (χ4v) is 3.54. The monoisotopic (exact) mass is 293 g/mol. The van der Waals surface area contributed by atoms with Crippen molar-refractivity contribution in [3.63, 3.8) is 0 Å². The fourth-order valence-electron chi connectivity index (χ4n) is 1.39. The lowest BCUT2D eigenvalue weighted by Crippen LogP contribution is -2.38. The maximum Gasteiger partial charge on any atom is 0.334 e. The normalized spacial score (nSPS) is 12.6. The molecule has 5 nitrogen and oxygen atoms in total. The quantitative estimate of drug-likeness (QED) is 0.518. The van der Waals surface area contributed by atoms with Crippen LogP contribution in [-0.2, 0) is 18.1 Å². The van der Waals surface area contributed by atoms with Gasteiger partial charge in [0.1, 0.15) is 0 Å². The average Bonchev–Trinajstić information content (AvgIpc) is 2.26. The van der Waals surface area contributed by atoms with Gasteiger partial charge in [0.2, 0.25) is 8.32 Å². The van der Waals surface area contributed by atoms with Crippen LogP contribution in [0.25, 0.3) is 0 Å². The molecular formula is C11H27NO4Si2. The van der Waals surface area contributed by atoms with Gasteiger partial charge in [-0.15, -0.1) is 0 Å². The molecule has 0 bridgehead atoms. The van der Waals surface area contributed by atoms with E-state index in [-0.39, 0.29) is 12.5 Å². The highest BCUT2D eigenvalue weighted by atomic mass is 28.4. The van der Waals surface area contributed by atoms with E-state index in [1.54, 1.807) is 14.2 Å². The highest BCUT2D eigenvalue weighted by molar-refractivity contribution is 6.71. The number of hydrogen-bond donors (Lipinski definition) is 1. The zero-order chi connectivity index (χ0) is 14.2. The van der Waals surface area contributed by atoms with Crippen molar-refractivity contribution in [2.75, 3.05) is 27.3 Å². The molecular weight excluding hydrogens is 266 g/mol. The van der Waals surface area contributed by atoms with Gasteiger partial charge in [-0.05, 0) is 45.2 Å². The lowest BCUT2D eigenvalue weighted by atomic mass is 10.5. The van der Waals surface area contributed by atoms with E-state index in [2.05, 4.69) is 5.32 Å². The van der Waals surface area contributed by atoms with Crippen molar-refractivity contribution >= 4 is 22.8 Å². The molecule has 0 rings (SSSR count). The number of rotatable bonds is 9. The third kappa shape index (κ3) is 8.81. The number of carbonyl (C=O) groups excluding carboxylic acids is 1. The van der Waals surface area contributed by atoms with Crippen LogP contribution in [0.1, 0.15) is 6.42 Å². The van der Waals surface area contributed by atoms with E-state index in [1.165, 1.54) is 0 Å². The molecule has 0 fully saturated rings. The van der Waals surface area contributed by atoms with E-state index < -0.39 is 16.9 Å². The molecule has 0 amide bonds. The SMILES string of the molecule is CO[Si](C)(CCCNCC(=O)O[Si](C)(C)C)OC. The van der Waals surface area contributed by atoms with Crippen LogP contribution in [-0.4, -0.2) is 50.2 Å².